The van der Waals surface area contributed by atoms with Gasteiger partial charge in [-0.3, -0.25) is 9.10 Å². The van der Waals surface area contributed by atoms with Gasteiger partial charge in [-0.25, -0.2) is 8.42 Å². The summed E-state index contributed by atoms with van der Waals surface area (Å²) in [6, 6.07) is 12.3. The number of ether oxygens (including phenoxy) is 1. The summed E-state index contributed by atoms with van der Waals surface area (Å²) in [4.78, 5) is 11.9. The van der Waals surface area contributed by atoms with E-state index in [1.807, 2.05) is 31.2 Å². The number of para-hydroxylation sites is 1. The van der Waals surface area contributed by atoms with E-state index in [4.69, 9.17) is 4.74 Å². The molecular weight excluding hydrogens is 364 g/mol. The third kappa shape index (κ3) is 4.08. The SMILES string of the molecule is CCCNC(=O)COc1ccc(S(=O)(=O)N2CCc3ccccc32)cc1C. The molecule has 0 aromatic heterocycles. The molecule has 3 rings (SSSR count). The summed E-state index contributed by atoms with van der Waals surface area (Å²) in [6.45, 7) is 4.71. The quantitative estimate of drug-likeness (QED) is 0.791. The van der Waals surface area contributed by atoms with Crippen LogP contribution in [0.2, 0.25) is 0 Å². The minimum Gasteiger partial charge on any atom is -0.484 e. The molecule has 1 heterocycles. The second kappa shape index (κ2) is 8.00. The van der Waals surface area contributed by atoms with Crippen LogP contribution in [0.15, 0.2) is 47.4 Å². The molecule has 2 aromatic carbocycles. The average Bonchev–Trinajstić information content (AvgIpc) is 3.10. The Hall–Kier alpha value is -2.54. The highest BCUT2D eigenvalue weighted by atomic mass is 32.2. The maximum Gasteiger partial charge on any atom is 0.264 e. The van der Waals surface area contributed by atoms with Crippen molar-refractivity contribution < 1.29 is 17.9 Å². The van der Waals surface area contributed by atoms with Crippen molar-refractivity contribution in [3.05, 3.63) is 53.6 Å². The van der Waals surface area contributed by atoms with Gasteiger partial charge in [0.15, 0.2) is 6.61 Å². The van der Waals surface area contributed by atoms with E-state index >= 15 is 0 Å². The van der Waals surface area contributed by atoms with E-state index in [-0.39, 0.29) is 17.4 Å². The van der Waals surface area contributed by atoms with E-state index in [2.05, 4.69) is 5.32 Å². The molecule has 1 N–H and O–H groups in total. The Labute approximate surface area is 160 Å². The first kappa shape index (κ1) is 19.2. The van der Waals surface area contributed by atoms with Crippen molar-refractivity contribution in [1.82, 2.24) is 5.32 Å². The second-order valence-corrected chi connectivity index (χ2v) is 8.38. The summed E-state index contributed by atoms with van der Waals surface area (Å²) in [7, 11) is -3.64. The van der Waals surface area contributed by atoms with Crippen molar-refractivity contribution in [2.45, 2.75) is 31.6 Å². The molecule has 0 radical (unpaired) electrons. The molecule has 0 spiro atoms. The normalized spacial score (nSPS) is 13.3. The molecule has 0 saturated carbocycles. The van der Waals surface area contributed by atoms with Crippen LogP contribution >= 0.6 is 0 Å². The molecule has 2 aromatic rings. The highest BCUT2D eigenvalue weighted by Gasteiger charge is 2.30. The van der Waals surface area contributed by atoms with Crippen LogP contribution in [-0.2, 0) is 21.2 Å². The van der Waals surface area contributed by atoms with E-state index in [9.17, 15) is 13.2 Å². The lowest BCUT2D eigenvalue weighted by Gasteiger charge is -2.20. The van der Waals surface area contributed by atoms with E-state index in [1.54, 1.807) is 19.1 Å². The number of amides is 1. The molecule has 0 saturated heterocycles. The maximum atomic E-state index is 13.1. The van der Waals surface area contributed by atoms with Crippen molar-refractivity contribution in [3.63, 3.8) is 0 Å². The number of nitrogens with one attached hydrogen (secondary N) is 1. The van der Waals surface area contributed by atoms with Gasteiger partial charge in [-0.15, -0.1) is 0 Å². The predicted molar refractivity (Wildman–Crippen MR) is 105 cm³/mol. The van der Waals surface area contributed by atoms with Crippen molar-refractivity contribution in [2.75, 3.05) is 24.0 Å². The summed E-state index contributed by atoms with van der Waals surface area (Å²) >= 11 is 0. The molecular formula is C20H24N2O4S. The van der Waals surface area contributed by atoms with Gasteiger partial charge in [-0.1, -0.05) is 25.1 Å². The molecule has 0 aliphatic carbocycles. The van der Waals surface area contributed by atoms with Crippen LogP contribution in [-0.4, -0.2) is 34.0 Å². The number of carbonyl (C=O) groups is 1. The van der Waals surface area contributed by atoms with Crippen LogP contribution in [0.3, 0.4) is 0 Å². The first-order chi connectivity index (χ1) is 12.9. The maximum absolute atomic E-state index is 13.1. The van der Waals surface area contributed by atoms with Crippen molar-refractivity contribution in [1.29, 1.82) is 0 Å². The Bertz CT molecular complexity index is 941. The first-order valence-electron chi connectivity index (χ1n) is 9.04. The molecule has 7 heteroatoms. The van der Waals surface area contributed by atoms with Gasteiger partial charge >= 0.3 is 0 Å². The third-order valence-corrected chi connectivity index (χ3v) is 6.32. The lowest BCUT2D eigenvalue weighted by Crippen LogP contribution is -2.30. The summed E-state index contributed by atoms with van der Waals surface area (Å²) in [5.74, 6) is 0.309. The molecule has 0 atom stereocenters. The number of benzene rings is 2. The number of hydrogen-bond acceptors (Lipinski definition) is 4. The van der Waals surface area contributed by atoms with Crippen LogP contribution in [0, 0.1) is 6.92 Å². The molecule has 144 valence electrons. The smallest absolute Gasteiger partial charge is 0.264 e. The number of anilines is 1. The standard InChI is InChI=1S/C20H24N2O4S/c1-3-11-21-20(23)14-26-19-9-8-17(13-15(19)2)27(24,25)22-12-10-16-6-4-5-7-18(16)22/h4-9,13H,3,10-12,14H2,1-2H3,(H,21,23). The summed E-state index contributed by atoms with van der Waals surface area (Å²) in [5.41, 5.74) is 2.45. The molecule has 6 nitrogen and oxygen atoms in total. The van der Waals surface area contributed by atoms with Gasteiger partial charge in [-0.2, -0.15) is 0 Å². The second-order valence-electron chi connectivity index (χ2n) is 6.52. The number of sulfonamides is 1. The van der Waals surface area contributed by atoms with Gasteiger partial charge in [-0.05, 0) is 55.2 Å². The molecule has 0 fully saturated rings. The highest BCUT2D eigenvalue weighted by molar-refractivity contribution is 7.92. The minimum atomic E-state index is -3.64. The number of hydrogen-bond donors (Lipinski definition) is 1. The zero-order valence-corrected chi connectivity index (χ0v) is 16.4. The van der Waals surface area contributed by atoms with Gasteiger partial charge in [0.2, 0.25) is 0 Å². The van der Waals surface area contributed by atoms with E-state index in [0.29, 0.717) is 30.8 Å². The Morgan fingerprint density at radius 3 is 2.74 bits per heavy atom. The monoisotopic (exact) mass is 388 g/mol. The lowest BCUT2D eigenvalue weighted by molar-refractivity contribution is -0.123. The summed E-state index contributed by atoms with van der Waals surface area (Å²) < 4.78 is 33.1. The minimum absolute atomic E-state index is 0.0908. The Kier molecular flexibility index (Phi) is 5.70. The Morgan fingerprint density at radius 1 is 1.22 bits per heavy atom. The largest absolute Gasteiger partial charge is 0.484 e. The number of nitrogens with zero attached hydrogens (tertiary/aromatic N) is 1. The van der Waals surface area contributed by atoms with Gasteiger partial charge in [0.05, 0.1) is 10.6 Å². The average molecular weight is 388 g/mol. The Balaban J connectivity index is 1.76. The van der Waals surface area contributed by atoms with Gasteiger partial charge in [0, 0.05) is 13.1 Å². The Morgan fingerprint density at radius 2 is 2.00 bits per heavy atom. The van der Waals surface area contributed by atoms with Crippen LogP contribution in [0.25, 0.3) is 0 Å². The van der Waals surface area contributed by atoms with E-state index < -0.39 is 10.0 Å². The summed E-state index contributed by atoms with van der Waals surface area (Å²) in [5, 5.41) is 2.74. The molecule has 27 heavy (non-hydrogen) atoms. The highest BCUT2D eigenvalue weighted by Crippen LogP contribution is 2.33. The fourth-order valence-corrected chi connectivity index (χ4v) is 4.68. The number of rotatable bonds is 7. The fourth-order valence-electron chi connectivity index (χ4n) is 3.09. The number of fused-ring (bicyclic) bond motifs is 1. The van der Waals surface area contributed by atoms with E-state index in [0.717, 1.165) is 17.7 Å². The summed E-state index contributed by atoms with van der Waals surface area (Å²) in [6.07, 6.45) is 1.57. The lowest BCUT2D eigenvalue weighted by atomic mass is 10.2. The van der Waals surface area contributed by atoms with Crippen molar-refractivity contribution in [2.24, 2.45) is 0 Å². The van der Waals surface area contributed by atoms with Crippen LogP contribution < -0.4 is 14.4 Å². The molecule has 1 aliphatic rings. The molecule has 0 unspecified atom stereocenters. The zero-order valence-electron chi connectivity index (χ0n) is 15.6. The fraction of sp³-hybridized carbons (Fsp3) is 0.350. The third-order valence-electron chi connectivity index (χ3n) is 4.51. The van der Waals surface area contributed by atoms with Crippen LogP contribution in [0.1, 0.15) is 24.5 Å². The number of aryl methyl sites for hydroxylation is 1. The van der Waals surface area contributed by atoms with Gasteiger partial charge in [0.1, 0.15) is 5.75 Å². The molecule has 0 bridgehead atoms. The van der Waals surface area contributed by atoms with Gasteiger partial charge < -0.3 is 10.1 Å². The van der Waals surface area contributed by atoms with Gasteiger partial charge in [0.25, 0.3) is 15.9 Å². The van der Waals surface area contributed by atoms with E-state index in [1.165, 1.54) is 10.4 Å². The first-order valence-corrected chi connectivity index (χ1v) is 10.5. The molecule has 1 aliphatic heterocycles. The van der Waals surface area contributed by atoms with Crippen molar-refractivity contribution >= 4 is 21.6 Å². The zero-order chi connectivity index (χ0) is 19.4. The topological polar surface area (TPSA) is 75.7 Å². The predicted octanol–water partition coefficient (Wildman–Crippen LogP) is 2.65. The van der Waals surface area contributed by atoms with Crippen LogP contribution in [0.5, 0.6) is 5.75 Å². The van der Waals surface area contributed by atoms with Crippen LogP contribution in [0.4, 0.5) is 5.69 Å². The molecule has 1 amide bonds. The van der Waals surface area contributed by atoms with Crippen molar-refractivity contribution in [3.8, 4) is 5.75 Å². The number of carbonyl (C=O) groups excluding carboxylic acids is 1.